The van der Waals surface area contributed by atoms with Crippen LogP contribution in [-0.2, 0) is 26.0 Å². The monoisotopic (exact) mass is 360 g/mol. The largest absolute Gasteiger partial charge is 0.443 e. The average Bonchev–Trinajstić information content (AvgIpc) is 2.92. The Morgan fingerprint density at radius 3 is 2.67 bits per heavy atom. The van der Waals surface area contributed by atoms with Crippen LogP contribution in [0, 0.1) is 0 Å². The van der Waals surface area contributed by atoms with Crippen molar-refractivity contribution in [1.82, 2.24) is 19.5 Å². The zero-order valence-corrected chi connectivity index (χ0v) is 14.0. The molecule has 12 heteroatoms. The Morgan fingerprint density at radius 1 is 1.42 bits per heavy atom. The summed E-state index contributed by atoms with van der Waals surface area (Å²) in [7, 11) is -4.86. The highest BCUT2D eigenvalue weighted by Crippen LogP contribution is 2.37. The summed E-state index contributed by atoms with van der Waals surface area (Å²) in [6, 6.07) is -1.60. The second-order valence-corrected chi connectivity index (χ2v) is 7.44. The number of nitrogens with zero attached hydrogens (tertiary/aromatic N) is 4. The molecule has 1 unspecified atom stereocenters. The van der Waals surface area contributed by atoms with Crippen LogP contribution in [0.3, 0.4) is 0 Å². The Hall–Kier alpha value is -2.18. The molecule has 3 heterocycles. The highest BCUT2D eigenvalue weighted by atomic mass is 32.3. The molecule has 1 saturated heterocycles. The molecule has 132 valence electrons. The Bertz CT molecular complexity index is 810. The average molecular weight is 360 g/mol. The highest BCUT2D eigenvalue weighted by Gasteiger charge is 2.48. The van der Waals surface area contributed by atoms with Gasteiger partial charge in [0.05, 0.1) is 24.5 Å². The van der Waals surface area contributed by atoms with E-state index in [1.807, 2.05) is 0 Å². The van der Waals surface area contributed by atoms with Crippen LogP contribution in [0.2, 0.25) is 0 Å². The molecule has 0 spiro atoms. The number of aromatic nitrogens is 2. The van der Waals surface area contributed by atoms with Gasteiger partial charge >= 0.3 is 22.5 Å². The highest BCUT2D eigenvalue weighted by molar-refractivity contribution is 7.80. The summed E-state index contributed by atoms with van der Waals surface area (Å²) in [6.45, 7) is 5.31. The molecule has 0 aliphatic carbocycles. The summed E-state index contributed by atoms with van der Waals surface area (Å²) in [5.74, 6) is 0. The first-order valence-corrected chi connectivity index (χ1v) is 8.37. The van der Waals surface area contributed by atoms with Crippen molar-refractivity contribution in [2.24, 2.45) is 0 Å². The maximum atomic E-state index is 12.2. The van der Waals surface area contributed by atoms with Gasteiger partial charge in [0, 0.05) is 0 Å². The van der Waals surface area contributed by atoms with Gasteiger partial charge in [0.25, 0.3) is 0 Å². The fourth-order valence-electron chi connectivity index (χ4n) is 2.62. The molecule has 0 saturated carbocycles. The van der Waals surface area contributed by atoms with Crippen molar-refractivity contribution in [3.8, 4) is 0 Å². The standard InChI is InChI=1S/C12H16N4O7S/c1-12(2,3)22-11(18)15-6-13-9-7(15)4-14-5-8(9)16(10(14)17)23-24(19,20)21/h6,8H,4-5H2,1-3H3,(H,19,20,21). The molecule has 1 aromatic heterocycles. The van der Waals surface area contributed by atoms with Gasteiger partial charge in [-0.3, -0.25) is 4.55 Å². The lowest BCUT2D eigenvalue weighted by Crippen LogP contribution is -2.33. The molecule has 0 radical (unpaired) electrons. The number of hydrogen-bond acceptors (Lipinski definition) is 7. The van der Waals surface area contributed by atoms with Gasteiger partial charge in [0.1, 0.15) is 18.0 Å². The number of fused-ring (bicyclic) bond motifs is 4. The Labute approximate surface area is 137 Å². The van der Waals surface area contributed by atoms with Crippen molar-refractivity contribution in [3.05, 3.63) is 17.7 Å². The van der Waals surface area contributed by atoms with E-state index in [1.165, 1.54) is 15.8 Å². The van der Waals surface area contributed by atoms with Crippen molar-refractivity contribution >= 4 is 22.5 Å². The predicted molar refractivity (Wildman–Crippen MR) is 76.9 cm³/mol. The van der Waals surface area contributed by atoms with E-state index in [2.05, 4.69) is 9.27 Å². The molecule has 24 heavy (non-hydrogen) atoms. The first-order chi connectivity index (χ1) is 11.0. The lowest BCUT2D eigenvalue weighted by molar-refractivity contribution is -0.0326. The summed E-state index contributed by atoms with van der Waals surface area (Å²) in [5.41, 5.74) is -0.000125. The normalized spacial score (nSPS) is 20.3. The lowest BCUT2D eigenvalue weighted by atomic mass is 10.1. The maximum absolute atomic E-state index is 12.2. The Morgan fingerprint density at radius 2 is 2.08 bits per heavy atom. The first-order valence-electron chi connectivity index (χ1n) is 7.01. The molecule has 1 N–H and O–H groups in total. The van der Waals surface area contributed by atoms with E-state index in [0.29, 0.717) is 16.5 Å². The van der Waals surface area contributed by atoms with Crippen molar-refractivity contribution in [1.29, 1.82) is 0 Å². The third kappa shape index (κ3) is 2.95. The van der Waals surface area contributed by atoms with Gasteiger partial charge in [-0.15, -0.1) is 4.28 Å². The molecule has 1 aromatic rings. The summed E-state index contributed by atoms with van der Waals surface area (Å²) >= 11 is 0. The molecule has 2 amide bonds. The molecule has 3 rings (SSSR count). The van der Waals surface area contributed by atoms with Gasteiger partial charge in [-0.2, -0.15) is 13.5 Å². The van der Waals surface area contributed by atoms with E-state index in [9.17, 15) is 18.0 Å². The van der Waals surface area contributed by atoms with E-state index in [1.54, 1.807) is 20.8 Å². The van der Waals surface area contributed by atoms with Crippen molar-refractivity contribution in [2.75, 3.05) is 6.54 Å². The van der Waals surface area contributed by atoms with E-state index >= 15 is 0 Å². The van der Waals surface area contributed by atoms with Crippen LogP contribution in [0.1, 0.15) is 38.2 Å². The fourth-order valence-corrected chi connectivity index (χ4v) is 2.99. The van der Waals surface area contributed by atoms with Crippen LogP contribution in [0.4, 0.5) is 9.59 Å². The first kappa shape index (κ1) is 16.7. The number of imidazole rings is 1. The van der Waals surface area contributed by atoms with Gasteiger partial charge in [-0.1, -0.05) is 0 Å². The number of carbonyl (C=O) groups is 2. The van der Waals surface area contributed by atoms with Crippen molar-refractivity contribution in [3.63, 3.8) is 0 Å². The second-order valence-electron chi connectivity index (χ2n) is 6.43. The molecule has 0 aromatic carbocycles. The third-order valence-electron chi connectivity index (χ3n) is 3.46. The van der Waals surface area contributed by atoms with Crippen LogP contribution in [0.15, 0.2) is 6.33 Å². The zero-order valence-electron chi connectivity index (χ0n) is 13.2. The smallest absolute Gasteiger partial charge is 0.420 e. The Kier molecular flexibility index (Phi) is 3.58. The molecular formula is C12H16N4O7S. The summed E-state index contributed by atoms with van der Waals surface area (Å²) in [5, 5.41) is 0.535. The van der Waals surface area contributed by atoms with E-state index in [0.717, 1.165) is 0 Å². The maximum Gasteiger partial charge on any atom is 0.420 e. The van der Waals surface area contributed by atoms with Crippen LogP contribution >= 0.6 is 0 Å². The van der Waals surface area contributed by atoms with Crippen LogP contribution < -0.4 is 0 Å². The summed E-state index contributed by atoms with van der Waals surface area (Å²) in [4.78, 5) is 29.7. The minimum Gasteiger partial charge on any atom is -0.443 e. The van der Waals surface area contributed by atoms with Gasteiger partial charge in [-0.25, -0.2) is 19.1 Å². The molecule has 2 aliphatic heterocycles. The zero-order chi connectivity index (χ0) is 17.9. The molecule has 11 nitrogen and oxygen atoms in total. The number of amides is 2. The number of rotatable bonds is 2. The minimum absolute atomic E-state index is 0.0370. The Balaban J connectivity index is 1.94. The third-order valence-corrected chi connectivity index (χ3v) is 3.80. The molecular weight excluding hydrogens is 344 g/mol. The van der Waals surface area contributed by atoms with Gasteiger partial charge < -0.3 is 9.64 Å². The van der Waals surface area contributed by atoms with Crippen LogP contribution in [0.5, 0.6) is 0 Å². The van der Waals surface area contributed by atoms with Crippen LogP contribution in [-0.4, -0.2) is 56.8 Å². The summed E-state index contributed by atoms with van der Waals surface area (Å²) < 4.78 is 41.5. The lowest BCUT2D eigenvalue weighted by Gasteiger charge is -2.23. The van der Waals surface area contributed by atoms with Gasteiger partial charge in [0.2, 0.25) is 0 Å². The molecule has 2 bridgehead atoms. The molecule has 1 fully saturated rings. The second kappa shape index (κ2) is 5.16. The number of ether oxygens (including phenoxy) is 1. The topological polar surface area (TPSA) is 131 Å². The van der Waals surface area contributed by atoms with Gasteiger partial charge in [-0.05, 0) is 20.8 Å². The summed E-state index contributed by atoms with van der Waals surface area (Å²) in [6.07, 6.45) is 0.588. The number of hydroxylamine groups is 2. The van der Waals surface area contributed by atoms with E-state index < -0.39 is 34.2 Å². The van der Waals surface area contributed by atoms with Crippen molar-refractivity contribution in [2.45, 2.75) is 39.0 Å². The predicted octanol–water partition coefficient (Wildman–Crippen LogP) is 0.693. The fraction of sp³-hybridized carbons (Fsp3) is 0.583. The van der Waals surface area contributed by atoms with Crippen LogP contribution in [0.25, 0.3) is 0 Å². The quantitative estimate of drug-likeness (QED) is 0.762. The number of carbonyl (C=O) groups excluding carboxylic acids is 2. The number of urea groups is 1. The van der Waals surface area contributed by atoms with E-state index in [-0.39, 0.29) is 13.1 Å². The molecule has 1 atom stereocenters. The van der Waals surface area contributed by atoms with E-state index in [4.69, 9.17) is 9.29 Å². The van der Waals surface area contributed by atoms with Crippen molar-refractivity contribution < 1.29 is 31.6 Å². The molecule has 2 aliphatic rings. The minimum atomic E-state index is -4.86. The number of hydrogen-bond donors (Lipinski definition) is 1. The van der Waals surface area contributed by atoms with Gasteiger partial charge in [0.15, 0.2) is 0 Å². The SMILES string of the molecule is CC(C)(C)OC(=O)n1cnc2c1CN1CC2N(OS(=O)(=O)O)C1=O.